The molecule has 1 aromatic rings. The van der Waals surface area contributed by atoms with E-state index >= 15 is 0 Å². The summed E-state index contributed by atoms with van der Waals surface area (Å²) in [5.41, 5.74) is 0.862. The third kappa shape index (κ3) is 48.3. The lowest BCUT2D eigenvalue weighted by Gasteiger charge is -2.17. The molecule has 0 unspecified atom stereocenters. The smallest absolute Gasteiger partial charge is 0.326 e. The monoisotopic (exact) mass is 1280 g/mol. The Bertz CT molecular complexity index is 2210. The number of Topliss-reactive ketones (excluding diaryl/α,β-unsaturated/α-hetero) is 4. The zero-order chi connectivity index (χ0) is 65.7. The highest BCUT2D eigenvalue weighted by Gasteiger charge is 2.27. The molecule has 1 rings (SSSR count). The van der Waals surface area contributed by atoms with Gasteiger partial charge in [0.1, 0.15) is 49.3 Å². The molecule has 0 aliphatic rings. The maximum absolute atomic E-state index is 12.8. The second kappa shape index (κ2) is 55.3. The van der Waals surface area contributed by atoms with Crippen LogP contribution in [0.25, 0.3) is 0 Å². The van der Waals surface area contributed by atoms with Crippen LogP contribution in [0, 0.1) is 11.8 Å². The zero-order valence-corrected chi connectivity index (χ0v) is 52.1. The number of imidazole rings is 1. The van der Waals surface area contributed by atoms with Gasteiger partial charge in [0.25, 0.3) is 0 Å². The van der Waals surface area contributed by atoms with Crippen molar-refractivity contribution in [2.45, 2.75) is 225 Å². The van der Waals surface area contributed by atoms with Gasteiger partial charge in [-0.15, -0.1) is 0 Å². The summed E-state index contributed by atoms with van der Waals surface area (Å²) in [6, 6.07) is -2.79. The number of aryl methyl sites for hydroxylation is 1. The van der Waals surface area contributed by atoms with Gasteiger partial charge < -0.3 is 70.7 Å². The van der Waals surface area contributed by atoms with Gasteiger partial charge in [-0.05, 0) is 64.2 Å². The Labute approximate surface area is 529 Å². The number of hydrogen-bond acceptors (Lipinski definition) is 18. The van der Waals surface area contributed by atoms with Crippen LogP contribution in [0.3, 0.4) is 0 Å². The molecule has 0 aliphatic heterocycles. The van der Waals surface area contributed by atoms with E-state index < -0.39 is 84.8 Å². The summed E-state index contributed by atoms with van der Waals surface area (Å²) < 4.78 is 21.5. The van der Waals surface area contributed by atoms with Crippen molar-refractivity contribution in [3.05, 3.63) is 18.2 Å². The van der Waals surface area contributed by atoms with Gasteiger partial charge in [-0.25, -0.2) is 14.6 Å². The highest BCUT2D eigenvalue weighted by molar-refractivity contribution is 5.88. The second-order valence-electron chi connectivity index (χ2n) is 22.3. The standard InChI is InChI=1S/C62H102N6O21.CH4/c69-42-54(73)46(22-25-50(71)26-24-48-41-63-45-66-48)18-15-16-32-64-57(76)43-89-39-37-87-35-33-65-58(77)44-88-38-36-86-34-17-19-49(70)27-29-52(61(82)83)68-56(75)31-23-47(60(80)81)40-51(72)28-30-53(62(84)85)67-55(74)20-13-11-9-7-5-3-1-2-4-6-8-10-12-14-21-59(78)79;/h41,45-47,52-53,69H,1-40,42-44H2,(H,63,66)(H,64,76)(H,65,77)(H,67,74)(H,68,75)(H,78,79)(H,80,81)(H,82,83)(H,84,85);1H4/t46-,47-,52+,53+;/m1./s1. The Hall–Kier alpha value is -6.55. The number of ketones is 4. The summed E-state index contributed by atoms with van der Waals surface area (Å²) in [6.07, 6.45) is 19.1. The molecule has 1 aromatic heterocycles. The highest BCUT2D eigenvalue weighted by Crippen LogP contribution is 2.19. The van der Waals surface area contributed by atoms with E-state index in [1.807, 2.05) is 0 Å². The maximum atomic E-state index is 12.8. The average molecular weight is 1280 g/mol. The number of H-pyrrole nitrogens is 1. The van der Waals surface area contributed by atoms with Crippen molar-refractivity contribution in [3.63, 3.8) is 0 Å². The van der Waals surface area contributed by atoms with Crippen molar-refractivity contribution in [2.24, 2.45) is 11.8 Å². The second-order valence-corrected chi connectivity index (χ2v) is 22.3. The number of amides is 4. The quantitative estimate of drug-likeness (QED) is 0.0345. The maximum Gasteiger partial charge on any atom is 0.326 e. The number of rotatable bonds is 63. The molecule has 0 saturated heterocycles. The third-order valence-corrected chi connectivity index (χ3v) is 14.7. The lowest BCUT2D eigenvalue weighted by molar-refractivity contribution is -0.145. The van der Waals surface area contributed by atoms with E-state index in [9.17, 15) is 78.0 Å². The number of carbonyl (C=O) groups is 12. The number of aliphatic hydroxyl groups excluding tert-OH is 1. The first-order chi connectivity index (χ1) is 42.8. The van der Waals surface area contributed by atoms with Crippen molar-refractivity contribution in [2.75, 3.05) is 72.6 Å². The Morgan fingerprint density at radius 3 is 1.43 bits per heavy atom. The summed E-state index contributed by atoms with van der Waals surface area (Å²) in [6.45, 7) is 0.523. The van der Waals surface area contributed by atoms with E-state index in [1.165, 1.54) is 19.3 Å². The molecule has 0 fully saturated rings. The molecule has 514 valence electrons. The molecule has 0 aromatic carbocycles. The molecule has 0 bridgehead atoms. The zero-order valence-electron chi connectivity index (χ0n) is 52.1. The molecule has 90 heavy (non-hydrogen) atoms. The van der Waals surface area contributed by atoms with Crippen LogP contribution in [0.1, 0.15) is 212 Å². The Kier molecular flexibility index (Phi) is 51.3. The summed E-state index contributed by atoms with van der Waals surface area (Å²) in [7, 11) is 0. The predicted molar refractivity (Wildman–Crippen MR) is 330 cm³/mol. The first-order valence-corrected chi connectivity index (χ1v) is 31.8. The number of nitrogens with zero attached hydrogens (tertiary/aromatic N) is 1. The van der Waals surface area contributed by atoms with Gasteiger partial charge >= 0.3 is 23.9 Å². The molecule has 4 atom stereocenters. The molecule has 0 spiro atoms. The molecular formula is C63H106N6O21. The Balaban J connectivity index is 0.0000792. The Morgan fingerprint density at radius 2 is 0.911 bits per heavy atom. The van der Waals surface area contributed by atoms with Crippen molar-refractivity contribution in [1.29, 1.82) is 0 Å². The van der Waals surface area contributed by atoms with Gasteiger partial charge in [0.2, 0.25) is 23.6 Å². The SMILES string of the molecule is C.O=C(O)CCCCCCCCCCCCCCCCC(=O)N[C@@H](CCC(=O)C[C@@H](CCC(=O)N[C@@H](CCC(=O)CCCOCCOCC(=O)NCCOCCOCC(=O)NCCCC[C@H](CCC(=O)CCc1cnc[nH]1)C(=O)CO)C(=O)O)C(=O)O)C(=O)O. The normalized spacial score (nSPS) is 12.4. The number of carboxylic acids is 4. The fourth-order valence-corrected chi connectivity index (χ4v) is 9.46. The van der Waals surface area contributed by atoms with Crippen LogP contribution in [0.4, 0.5) is 0 Å². The predicted octanol–water partition coefficient (Wildman–Crippen LogP) is 5.79. The van der Waals surface area contributed by atoms with Crippen molar-refractivity contribution in [3.8, 4) is 0 Å². The van der Waals surface area contributed by atoms with Crippen LogP contribution in [-0.4, -0.2) is 191 Å². The summed E-state index contributed by atoms with van der Waals surface area (Å²) in [5, 5.41) is 57.2. The molecule has 4 amide bonds. The number of carboxylic acid groups (broad SMARTS) is 4. The lowest BCUT2D eigenvalue weighted by atomic mass is 9.91. The molecule has 27 nitrogen and oxygen atoms in total. The highest BCUT2D eigenvalue weighted by atomic mass is 16.5. The number of aliphatic carboxylic acids is 4. The number of aliphatic hydroxyl groups is 1. The van der Waals surface area contributed by atoms with E-state index in [4.69, 9.17) is 24.1 Å². The first kappa shape index (κ1) is 83.5. The number of unbranched alkanes of at least 4 members (excludes halogenated alkanes) is 14. The van der Waals surface area contributed by atoms with Crippen LogP contribution >= 0.6 is 0 Å². The van der Waals surface area contributed by atoms with Crippen LogP contribution in [0.2, 0.25) is 0 Å². The van der Waals surface area contributed by atoms with E-state index in [2.05, 4.69) is 31.2 Å². The van der Waals surface area contributed by atoms with Gasteiger partial charge in [0.15, 0.2) is 5.78 Å². The largest absolute Gasteiger partial charge is 0.481 e. The van der Waals surface area contributed by atoms with E-state index in [-0.39, 0.29) is 154 Å². The molecule has 1 heterocycles. The first-order valence-electron chi connectivity index (χ1n) is 31.8. The van der Waals surface area contributed by atoms with Crippen molar-refractivity contribution >= 4 is 70.6 Å². The minimum absolute atomic E-state index is 0. The van der Waals surface area contributed by atoms with Crippen LogP contribution < -0.4 is 21.3 Å². The molecule has 10 N–H and O–H groups in total. The fraction of sp³-hybridized carbons (Fsp3) is 0.762. The van der Waals surface area contributed by atoms with E-state index in [1.54, 1.807) is 12.5 Å². The van der Waals surface area contributed by atoms with E-state index in [0.29, 0.717) is 57.9 Å². The number of carbonyl (C=O) groups excluding carboxylic acids is 8. The van der Waals surface area contributed by atoms with Gasteiger partial charge in [-0.1, -0.05) is 90.9 Å². The number of ether oxygens (including phenoxy) is 4. The number of aromatic amines is 1. The van der Waals surface area contributed by atoms with Gasteiger partial charge in [0, 0.05) is 95.3 Å². The third-order valence-electron chi connectivity index (χ3n) is 14.7. The van der Waals surface area contributed by atoms with Crippen LogP contribution in [0.5, 0.6) is 0 Å². The molecule has 0 radical (unpaired) electrons. The minimum Gasteiger partial charge on any atom is -0.481 e. The Morgan fingerprint density at radius 1 is 0.433 bits per heavy atom. The van der Waals surface area contributed by atoms with E-state index in [0.717, 1.165) is 69.9 Å². The van der Waals surface area contributed by atoms with Crippen molar-refractivity contribution < 1.29 is 102 Å². The van der Waals surface area contributed by atoms with Gasteiger partial charge in [-0.3, -0.25) is 47.9 Å². The number of nitrogens with one attached hydrogen (secondary N) is 5. The molecule has 27 heteroatoms. The molecule has 0 aliphatic carbocycles. The number of aromatic nitrogens is 2. The van der Waals surface area contributed by atoms with Gasteiger partial charge in [-0.2, -0.15) is 0 Å². The van der Waals surface area contributed by atoms with Gasteiger partial charge in [0.05, 0.1) is 45.3 Å². The average Bonchev–Trinajstić information content (AvgIpc) is 3.82. The topological polar surface area (TPSA) is 420 Å². The minimum atomic E-state index is -1.44. The van der Waals surface area contributed by atoms with Crippen LogP contribution in [-0.2, 0) is 82.9 Å². The molecule has 0 saturated carbocycles. The van der Waals surface area contributed by atoms with Crippen LogP contribution in [0.15, 0.2) is 12.5 Å². The fourth-order valence-electron chi connectivity index (χ4n) is 9.46. The lowest BCUT2D eigenvalue weighted by Crippen LogP contribution is -2.41. The summed E-state index contributed by atoms with van der Waals surface area (Å²) >= 11 is 0. The summed E-state index contributed by atoms with van der Waals surface area (Å²) in [5.74, 6) is -9.68. The molecular weight excluding hydrogens is 1180 g/mol. The van der Waals surface area contributed by atoms with Crippen molar-refractivity contribution in [1.82, 2.24) is 31.2 Å². The summed E-state index contributed by atoms with van der Waals surface area (Å²) in [4.78, 5) is 152. The number of hydrogen-bond donors (Lipinski definition) is 10.